The number of aliphatic hydroxyl groups excluding tert-OH is 1. The van der Waals surface area contributed by atoms with Gasteiger partial charge in [-0.1, -0.05) is 18.6 Å². The van der Waals surface area contributed by atoms with Gasteiger partial charge in [-0.05, 0) is 36.5 Å². The number of nitrogens with one attached hydrogen (secondary N) is 1. The van der Waals surface area contributed by atoms with Gasteiger partial charge in [-0.15, -0.1) is 0 Å². The highest BCUT2D eigenvalue weighted by Gasteiger charge is 2.24. The monoisotopic (exact) mass is 279 g/mol. The Morgan fingerprint density at radius 3 is 2.95 bits per heavy atom. The molecule has 112 valence electrons. The molecule has 1 aliphatic rings. The van der Waals surface area contributed by atoms with E-state index in [1.165, 1.54) is 5.56 Å². The molecule has 1 saturated carbocycles. The summed E-state index contributed by atoms with van der Waals surface area (Å²) in [6.45, 7) is 2.87. The molecule has 1 aromatic carbocycles. The van der Waals surface area contributed by atoms with Crippen LogP contribution in [-0.4, -0.2) is 38.1 Å². The summed E-state index contributed by atoms with van der Waals surface area (Å²) in [5.41, 5.74) is 1.20. The third kappa shape index (κ3) is 4.78. The Bertz CT molecular complexity index is 397. The molecule has 1 aliphatic carbocycles. The molecule has 2 N–H and O–H groups in total. The van der Waals surface area contributed by atoms with Crippen LogP contribution in [-0.2, 0) is 11.3 Å². The lowest BCUT2D eigenvalue weighted by atomic mass is 10.1. The molecule has 1 aromatic rings. The molecule has 2 atom stereocenters. The molecule has 4 heteroatoms. The van der Waals surface area contributed by atoms with Gasteiger partial charge in [-0.3, -0.25) is 0 Å². The molecule has 0 radical (unpaired) electrons. The predicted octanol–water partition coefficient (Wildman–Crippen LogP) is 1.96. The zero-order chi connectivity index (χ0) is 14.2. The maximum absolute atomic E-state index is 9.78. The Kier molecular flexibility index (Phi) is 6.30. The van der Waals surface area contributed by atoms with Crippen LogP contribution in [0.1, 0.15) is 24.8 Å². The van der Waals surface area contributed by atoms with Crippen molar-refractivity contribution in [2.45, 2.75) is 31.9 Å². The fourth-order valence-corrected chi connectivity index (χ4v) is 2.65. The molecule has 2 unspecified atom stereocenters. The van der Waals surface area contributed by atoms with Crippen molar-refractivity contribution >= 4 is 0 Å². The van der Waals surface area contributed by atoms with Crippen LogP contribution in [0.15, 0.2) is 24.3 Å². The number of hydrogen-bond donors (Lipinski definition) is 2. The van der Waals surface area contributed by atoms with Crippen molar-refractivity contribution in [3.8, 4) is 5.75 Å². The zero-order valence-corrected chi connectivity index (χ0v) is 12.2. The molecule has 20 heavy (non-hydrogen) atoms. The van der Waals surface area contributed by atoms with Crippen molar-refractivity contribution in [1.82, 2.24) is 5.32 Å². The number of rotatable bonds is 8. The van der Waals surface area contributed by atoms with Crippen LogP contribution in [0, 0.1) is 5.92 Å². The van der Waals surface area contributed by atoms with E-state index in [1.807, 2.05) is 18.2 Å². The first kappa shape index (κ1) is 15.3. The second kappa shape index (κ2) is 8.25. The van der Waals surface area contributed by atoms with Crippen molar-refractivity contribution in [1.29, 1.82) is 0 Å². The molecule has 0 amide bonds. The summed E-state index contributed by atoms with van der Waals surface area (Å²) >= 11 is 0. The maximum Gasteiger partial charge on any atom is 0.119 e. The molecule has 4 nitrogen and oxygen atoms in total. The van der Waals surface area contributed by atoms with Crippen LogP contribution in [0.5, 0.6) is 5.75 Å². The highest BCUT2D eigenvalue weighted by molar-refractivity contribution is 5.28. The van der Waals surface area contributed by atoms with Crippen LogP contribution >= 0.6 is 0 Å². The summed E-state index contributed by atoms with van der Waals surface area (Å²) in [4.78, 5) is 0. The van der Waals surface area contributed by atoms with Gasteiger partial charge in [0.25, 0.3) is 0 Å². The van der Waals surface area contributed by atoms with Crippen LogP contribution in [0.2, 0.25) is 0 Å². The minimum atomic E-state index is -0.119. The number of hydrogen-bond acceptors (Lipinski definition) is 4. The Morgan fingerprint density at radius 1 is 1.30 bits per heavy atom. The normalized spacial score (nSPS) is 22.1. The first-order chi connectivity index (χ1) is 9.79. The van der Waals surface area contributed by atoms with Gasteiger partial charge in [0.15, 0.2) is 0 Å². The van der Waals surface area contributed by atoms with E-state index in [0.29, 0.717) is 19.1 Å². The summed E-state index contributed by atoms with van der Waals surface area (Å²) in [6.07, 6.45) is 3.12. The maximum atomic E-state index is 9.78. The third-order valence-electron chi connectivity index (χ3n) is 3.81. The first-order valence-electron chi connectivity index (χ1n) is 7.39. The zero-order valence-electron chi connectivity index (χ0n) is 12.2. The van der Waals surface area contributed by atoms with Gasteiger partial charge in [0.2, 0.25) is 0 Å². The van der Waals surface area contributed by atoms with Crippen LogP contribution < -0.4 is 10.1 Å². The van der Waals surface area contributed by atoms with E-state index in [9.17, 15) is 5.11 Å². The first-order valence-corrected chi connectivity index (χ1v) is 7.39. The van der Waals surface area contributed by atoms with E-state index in [-0.39, 0.29) is 6.10 Å². The second-order valence-electron chi connectivity index (χ2n) is 5.38. The molecule has 1 fully saturated rings. The highest BCUT2D eigenvalue weighted by Crippen LogP contribution is 2.24. The van der Waals surface area contributed by atoms with E-state index in [1.54, 1.807) is 7.11 Å². The number of aliphatic hydroxyl groups is 1. The topological polar surface area (TPSA) is 50.7 Å². The lowest BCUT2D eigenvalue weighted by molar-refractivity contribution is 0.131. The summed E-state index contributed by atoms with van der Waals surface area (Å²) < 4.78 is 10.6. The van der Waals surface area contributed by atoms with Gasteiger partial charge in [0.05, 0.1) is 12.7 Å². The van der Waals surface area contributed by atoms with Gasteiger partial charge < -0.3 is 19.9 Å². The van der Waals surface area contributed by atoms with Gasteiger partial charge in [-0.25, -0.2) is 0 Å². The number of methoxy groups -OCH3 is 1. The molecule has 2 rings (SSSR count). The molecular formula is C16H25NO3. The highest BCUT2D eigenvalue weighted by atomic mass is 16.5. The largest absolute Gasteiger partial charge is 0.491 e. The average Bonchev–Trinajstić information content (AvgIpc) is 2.85. The minimum Gasteiger partial charge on any atom is -0.491 e. The molecular weight excluding hydrogens is 254 g/mol. The summed E-state index contributed by atoms with van der Waals surface area (Å²) in [6, 6.07) is 8.10. The quantitative estimate of drug-likeness (QED) is 0.714. The van der Waals surface area contributed by atoms with E-state index in [4.69, 9.17) is 9.47 Å². The lowest BCUT2D eigenvalue weighted by Crippen LogP contribution is -2.27. The molecule has 0 bridgehead atoms. The van der Waals surface area contributed by atoms with E-state index in [0.717, 1.165) is 38.1 Å². The SMILES string of the molecule is COCCOc1cccc(CNCC2CCCC2O)c1. The van der Waals surface area contributed by atoms with Crippen LogP contribution in [0.3, 0.4) is 0 Å². The van der Waals surface area contributed by atoms with Crippen molar-refractivity contribution in [3.63, 3.8) is 0 Å². The van der Waals surface area contributed by atoms with E-state index in [2.05, 4.69) is 11.4 Å². The van der Waals surface area contributed by atoms with Crippen LogP contribution in [0.4, 0.5) is 0 Å². The third-order valence-corrected chi connectivity index (χ3v) is 3.81. The molecule has 0 spiro atoms. The molecule has 0 saturated heterocycles. The Balaban J connectivity index is 1.73. The smallest absolute Gasteiger partial charge is 0.119 e. The van der Waals surface area contributed by atoms with E-state index >= 15 is 0 Å². The van der Waals surface area contributed by atoms with Crippen molar-refractivity contribution < 1.29 is 14.6 Å². The summed E-state index contributed by atoms with van der Waals surface area (Å²) in [7, 11) is 1.67. The molecule has 0 aliphatic heterocycles. The molecule has 0 heterocycles. The number of ether oxygens (including phenoxy) is 2. The Morgan fingerprint density at radius 2 is 2.20 bits per heavy atom. The standard InChI is InChI=1S/C16H25NO3/c1-19-8-9-20-15-6-2-4-13(10-15)11-17-12-14-5-3-7-16(14)18/h2,4,6,10,14,16-18H,3,5,7-9,11-12H2,1H3. The Hall–Kier alpha value is -1.10. The fourth-order valence-electron chi connectivity index (χ4n) is 2.65. The van der Waals surface area contributed by atoms with E-state index < -0.39 is 0 Å². The summed E-state index contributed by atoms with van der Waals surface area (Å²) in [5.74, 6) is 1.29. The average molecular weight is 279 g/mol. The number of benzene rings is 1. The van der Waals surface area contributed by atoms with Crippen molar-refractivity contribution in [2.75, 3.05) is 26.9 Å². The van der Waals surface area contributed by atoms with Crippen LogP contribution in [0.25, 0.3) is 0 Å². The molecule has 0 aromatic heterocycles. The van der Waals surface area contributed by atoms with Crippen molar-refractivity contribution in [3.05, 3.63) is 29.8 Å². The van der Waals surface area contributed by atoms with Gasteiger partial charge in [0.1, 0.15) is 12.4 Å². The van der Waals surface area contributed by atoms with Gasteiger partial charge >= 0.3 is 0 Å². The van der Waals surface area contributed by atoms with Gasteiger partial charge in [-0.2, -0.15) is 0 Å². The van der Waals surface area contributed by atoms with Crippen molar-refractivity contribution in [2.24, 2.45) is 5.92 Å². The minimum absolute atomic E-state index is 0.119. The van der Waals surface area contributed by atoms with Gasteiger partial charge in [0, 0.05) is 20.2 Å². The summed E-state index contributed by atoms with van der Waals surface area (Å²) in [5, 5.41) is 13.2. The lowest BCUT2D eigenvalue weighted by Gasteiger charge is -2.15. The fraction of sp³-hybridized carbons (Fsp3) is 0.625. The second-order valence-corrected chi connectivity index (χ2v) is 5.38. The predicted molar refractivity (Wildman–Crippen MR) is 78.9 cm³/mol. The Labute approximate surface area is 121 Å².